The molecular formula is C25H42O2. The number of hydrogen-bond donors (Lipinski definition) is 1. The molecule has 2 heteroatoms. The Hall–Kier alpha value is -0.370. The molecule has 0 spiro atoms. The number of Topliss-reactive ketones (excluding diaryl/α,β-unsaturated/α-hetero) is 1. The second-order valence-corrected chi connectivity index (χ2v) is 11.5. The van der Waals surface area contributed by atoms with Crippen molar-refractivity contribution in [1.29, 1.82) is 0 Å². The molecule has 0 aromatic heterocycles. The minimum atomic E-state index is -0.0357. The van der Waals surface area contributed by atoms with E-state index in [1.54, 1.807) is 6.92 Å². The summed E-state index contributed by atoms with van der Waals surface area (Å²) in [6, 6.07) is 0. The number of carbonyl (C=O) groups is 1. The van der Waals surface area contributed by atoms with Crippen molar-refractivity contribution in [3.63, 3.8) is 0 Å². The third-order valence-electron chi connectivity index (χ3n) is 10.4. The summed E-state index contributed by atoms with van der Waals surface area (Å²) in [5.41, 5.74) is 0.997. The van der Waals surface area contributed by atoms with Crippen LogP contribution in [0.2, 0.25) is 0 Å². The molecule has 27 heavy (non-hydrogen) atoms. The van der Waals surface area contributed by atoms with Gasteiger partial charge < -0.3 is 9.90 Å². The SMILES string of the molecule is CC(=O)CC[C@@H](C)[C@H]1CC[C@H]2[C@@H]3CCC4C[C@@H](O)CC[C@]4(C)[C@H]3CC[C@]12C. The van der Waals surface area contributed by atoms with Crippen molar-refractivity contribution >= 4 is 5.78 Å². The van der Waals surface area contributed by atoms with E-state index in [4.69, 9.17) is 0 Å². The van der Waals surface area contributed by atoms with E-state index in [2.05, 4.69) is 20.8 Å². The molecule has 4 saturated carbocycles. The van der Waals surface area contributed by atoms with Crippen LogP contribution in [-0.4, -0.2) is 17.0 Å². The van der Waals surface area contributed by atoms with Crippen LogP contribution in [0.25, 0.3) is 0 Å². The highest BCUT2D eigenvalue weighted by Gasteiger charge is 2.60. The lowest BCUT2D eigenvalue weighted by Crippen LogP contribution is -2.54. The zero-order chi connectivity index (χ0) is 19.4. The van der Waals surface area contributed by atoms with Crippen molar-refractivity contribution in [3.05, 3.63) is 0 Å². The number of aliphatic hydroxyl groups excluding tert-OH is 1. The van der Waals surface area contributed by atoms with Crippen molar-refractivity contribution < 1.29 is 9.90 Å². The maximum atomic E-state index is 11.5. The second kappa shape index (κ2) is 7.15. The van der Waals surface area contributed by atoms with Crippen LogP contribution in [0.15, 0.2) is 0 Å². The lowest BCUT2D eigenvalue weighted by atomic mass is 9.44. The van der Waals surface area contributed by atoms with Gasteiger partial charge in [-0.25, -0.2) is 0 Å². The zero-order valence-electron chi connectivity index (χ0n) is 18.2. The van der Waals surface area contributed by atoms with Crippen molar-refractivity contribution in [2.75, 3.05) is 0 Å². The van der Waals surface area contributed by atoms with Gasteiger partial charge in [-0.15, -0.1) is 0 Å². The summed E-state index contributed by atoms with van der Waals surface area (Å²) < 4.78 is 0. The number of ketones is 1. The number of fused-ring (bicyclic) bond motifs is 5. The number of rotatable bonds is 4. The van der Waals surface area contributed by atoms with Gasteiger partial charge in [0.25, 0.3) is 0 Å². The minimum absolute atomic E-state index is 0.0357. The van der Waals surface area contributed by atoms with E-state index in [0.29, 0.717) is 22.5 Å². The molecule has 0 aromatic rings. The van der Waals surface area contributed by atoms with Gasteiger partial charge >= 0.3 is 0 Å². The highest BCUT2D eigenvalue weighted by molar-refractivity contribution is 5.75. The van der Waals surface area contributed by atoms with Crippen molar-refractivity contribution in [2.24, 2.45) is 46.3 Å². The minimum Gasteiger partial charge on any atom is -0.393 e. The molecule has 0 bridgehead atoms. The molecule has 0 amide bonds. The van der Waals surface area contributed by atoms with E-state index in [1.165, 1.54) is 44.9 Å². The van der Waals surface area contributed by atoms with Gasteiger partial charge in [0, 0.05) is 6.42 Å². The molecule has 1 unspecified atom stereocenters. The molecule has 0 saturated heterocycles. The molecule has 4 aliphatic carbocycles. The van der Waals surface area contributed by atoms with Gasteiger partial charge in [-0.2, -0.15) is 0 Å². The summed E-state index contributed by atoms with van der Waals surface area (Å²) in [7, 11) is 0. The van der Waals surface area contributed by atoms with Crippen LogP contribution in [0.4, 0.5) is 0 Å². The first-order valence-corrected chi connectivity index (χ1v) is 11.9. The quantitative estimate of drug-likeness (QED) is 0.654. The van der Waals surface area contributed by atoms with Gasteiger partial charge in [0.2, 0.25) is 0 Å². The van der Waals surface area contributed by atoms with Crippen LogP contribution >= 0.6 is 0 Å². The van der Waals surface area contributed by atoms with E-state index in [0.717, 1.165) is 55.3 Å². The molecule has 0 aromatic carbocycles. The van der Waals surface area contributed by atoms with E-state index in [1.807, 2.05) is 0 Å². The molecule has 0 radical (unpaired) electrons. The topological polar surface area (TPSA) is 37.3 Å². The van der Waals surface area contributed by atoms with E-state index in [-0.39, 0.29) is 6.10 Å². The predicted octanol–water partition coefficient (Wildman–Crippen LogP) is 6.01. The molecule has 4 fully saturated rings. The molecule has 2 nitrogen and oxygen atoms in total. The van der Waals surface area contributed by atoms with E-state index in [9.17, 15) is 9.90 Å². The van der Waals surface area contributed by atoms with E-state index >= 15 is 0 Å². The van der Waals surface area contributed by atoms with E-state index < -0.39 is 0 Å². The Morgan fingerprint density at radius 1 is 1.00 bits per heavy atom. The Bertz CT molecular complexity index is 571. The zero-order valence-corrected chi connectivity index (χ0v) is 18.2. The van der Waals surface area contributed by atoms with Crippen LogP contribution in [0, 0.1) is 46.3 Å². The normalized spacial score (nSPS) is 50.4. The van der Waals surface area contributed by atoms with Crippen LogP contribution in [0.3, 0.4) is 0 Å². The monoisotopic (exact) mass is 374 g/mol. The van der Waals surface area contributed by atoms with Gasteiger partial charge in [0.15, 0.2) is 0 Å². The smallest absolute Gasteiger partial charge is 0.129 e. The van der Waals surface area contributed by atoms with Gasteiger partial charge in [-0.3, -0.25) is 0 Å². The molecule has 0 aliphatic heterocycles. The summed E-state index contributed by atoms with van der Waals surface area (Å²) in [5.74, 6) is 5.36. The van der Waals surface area contributed by atoms with Crippen molar-refractivity contribution in [3.8, 4) is 0 Å². The Labute approximate surface area is 166 Å². The number of hydrogen-bond acceptors (Lipinski definition) is 2. The third kappa shape index (κ3) is 3.22. The van der Waals surface area contributed by atoms with Crippen molar-refractivity contribution in [1.82, 2.24) is 0 Å². The lowest BCUT2D eigenvalue weighted by molar-refractivity contribution is -0.129. The summed E-state index contributed by atoms with van der Waals surface area (Å²) in [6.45, 7) is 9.38. The number of aliphatic hydroxyl groups is 1. The third-order valence-corrected chi connectivity index (χ3v) is 10.4. The first-order valence-electron chi connectivity index (χ1n) is 11.9. The van der Waals surface area contributed by atoms with Crippen LogP contribution in [0.5, 0.6) is 0 Å². The summed E-state index contributed by atoms with van der Waals surface area (Å²) in [6.07, 6.45) is 13.6. The molecule has 154 valence electrons. The van der Waals surface area contributed by atoms with Crippen LogP contribution in [0.1, 0.15) is 98.3 Å². The molecule has 1 N–H and O–H groups in total. The van der Waals surface area contributed by atoms with Crippen molar-refractivity contribution in [2.45, 2.75) is 104 Å². The first kappa shape index (κ1) is 19.9. The average molecular weight is 375 g/mol. The van der Waals surface area contributed by atoms with Crippen LogP contribution in [-0.2, 0) is 4.79 Å². The average Bonchev–Trinajstić information content (AvgIpc) is 2.97. The maximum absolute atomic E-state index is 11.5. The van der Waals surface area contributed by atoms with Gasteiger partial charge in [0.1, 0.15) is 5.78 Å². The summed E-state index contributed by atoms with van der Waals surface area (Å²) in [4.78, 5) is 11.5. The van der Waals surface area contributed by atoms with Gasteiger partial charge in [-0.1, -0.05) is 20.8 Å². The predicted molar refractivity (Wildman–Crippen MR) is 110 cm³/mol. The molecule has 9 atom stereocenters. The maximum Gasteiger partial charge on any atom is 0.129 e. The molecule has 4 rings (SSSR count). The largest absolute Gasteiger partial charge is 0.393 e. The lowest BCUT2D eigenvalue weighted by Gasteiger charge is -2.61. The first-order chi connectivity index (χ1) is 12.8. The van der Waals surface area contributed by atoms with Crippen LogP contribution < -0.4 is 0 Å². The highest BCUT2D eigenvalue weighted by Crippen LogP contribution is 2.68. The standard InChI is InChI=1S/C25H42O2/c1-16(5-6-17(2)26)21-9-10-22-20-8-7-18-15-19(27)11-13-24(18,3)23(20)12-14-25(21,22)4/h16,18-23,27H,5-15H2,1-4H3/t16-,18?,19+,20+,21-,22+,23+,24+,25-/m1/s1. The Balaban J connectivity index is 1.51. The fraction of sp³-hybridized carbons (Fsp3) is 0.960. The summed E-state index contributed by atoms with van der Waals surface area (Å²) >= 11 is 0. The van der Waals surface area contributed by atoms with Gasteiger partial charge in [0.05, 0.1) is 6.10 Å². The molecular weight excluding hydrogens is 332 g/mol. The fourth-order valence-corrected chi connectivity index (χ4v) is 8.84. The Morgan fingerprint density at radius 2 is 1.70 bits per heavy atom. The second-order valence-electron chi connectivity index (χ2n) is 11.5. The highest BCUT2D eigenvalue weighted by atomic mass is 16.3. The Morgan fingerprint density at radius 3 is 2.44 bits per heavy atom. The Kier molecular flexibility index (Phi) is 5.28. The summed E-state index contributed by atoms with van der Waals surface area (Å²) in [5, 5.41) is 10.2. The number of carbonyl (C=O) groups excluding carboxylic acids is 1. The fourth-order valence-electron chi connectivity index (χ4n) is 8.84. The molecule has 4 aliphatic rings. The van der Waals surface area contributed by atoms with Gasteiger partial charge in [-0.05, 0) is 117 Å². The molecule has 0 heterocycles.